The van der Waals surface area contributed by atoms with Crippen molar-refractivity contribution in [3.63, 3.8) is 0 Å². The van der Waals surface area contributed by atoms with Crippen molar-refractivity contribution in [2.24, 2.45) is 0 Å². The number of rotatable bonds is 7. The van der Waals surface area contributed by atoms with Gasteiger partial charge in [0, 0.05) is 33.0 Å². The van der Waals surface area contributed by atoms with Gasteiger partial charge in [-0.05, 0) is 6.08 Å². The molecule has 0 unspecified atom stereocenters. The summed E-state index contributed by atoms with van der Waals surface area (Å²) in [4.78, 5) is 71.5. The molecule has 2 N–H and O–H groups in total. The van der Waals surface area contributed by atoms with Crippen LogP contribution in [0.1, 0.15) is 32.6 Å². The minimum absolute atomic E-state index is 0.209. The Hall–Kier alpha value is -3.74. The molecule has 13 heteroatoms. The van der Waals surface area contributed by atoms with Gasteiger partial charge >= 0.3 is 29.6 Å². The topological polar surface area (TPSA) is 180 Å². The van der Waals surface area contributed by atoms with Gasteiger partial charge in [0.2, 0.25) is 0 Å². The fourth-order valence-corrected chi connectivity index (χ4v) is 2.89. The van der Waals surface area contributed by atoms with E-state index in [1.807, 2.05) is 4.98 Å². The monoisotopic (exact) mass is 440 g/mol. The number of hydrogen-bond donors (Lipinski definition) is 2. The highest BCUT2D eigenvalue weighted by Gasteiger charge is 2.51. The highest BCUT2D eigenvalue weighted by molar-refractivity contribution is 5.85. The van der Waals surface area contributed by atoms with Gasteiger partial charge in [0.05, 0.1) is 5.56 Å². The van der Waals surface area contributed by atoms with E-state index < -0.39 is 59.7 Å². The fraction of sp³-hybridized carbons (Fsp3) is 0.444. The number of H-pyrrole nitrogens is 1. The molecule has 2 rings (SSSR count). The summed E-state index contributed by atoms with van der Waals surface area (Å²) in [5.74, 6) is -3.52. The Balaban J connectivity index is 2.54. The zero-order chi connectivity index (χ0) is 23.3. The fourth-order valence-electron chi connectivity index (χ4n) is 2.89. The SMILES string of the molecule is CC(=O)OC[C@H]1O[C@@H](n2cc(/C=C/C(=O)O)c(=O)[nH]c2=O)[C@H](OC(C)=O)[C@H]1OC(C)=O. The highest BCUT2D eigenvalue weighted by Crippen LogP contribution is 2.33. The van der Waals surface area contributed by atoms with Crippen LogP contribution in [0, 0.1) is 0 Å². The Labute approximate surface area is 174 Å². The molecule has 0 aromatic carbocycles. The van der Waals surface area contributed by atoms with Crippen LogP contribution in [-0.2, 0) is 38.1 Å². The standard InChI is InChI=1S/C18H20N2O11/c1-8(21)28-7-12-14(29-9(2)22)15(30-10(3)23)17(31-12)20-6-11(4-5-13(24)25)16(26)19-18(20)27/h4-6,12,14-15,17H,7H2,1-3H3,(H,24,25)(H,19,26,27)/b5-4+/t12-,14+,15-,17-/m1/s1. The molecule has 0 radical (unpaired) electrons. The Bertz CT molecular complexity index is 1020. The van der Waals surface area contributed by atoms with Crippen LogP contribution < -0.4 is 11.2 Å². The molecule has 1 aliphatic heterocycles. The van der Waals surface area contributed by atoms with Crippen molar-refractivity contribution >= 4 is 30.0 Å². The zero-order valence-electron chi connectivity index (χ0n) is 16.7. The van der Waals surface area contributed by atoms with E-state index in [9.17, 15) is 28.8 Å². The van der Waals surface area contributed by atoms with E-state index >= 15 is 0 Å². The number of carboxylic acids is 1. The van der Waals surface area contributed by atoms with Gasteiger partial charge in [-0.25, -0.2) is 9.59 Å². The molecule has 1 aromatic rings. The molecular weight excluding hydrogens is 420 g/mol. The molecule has 168 valence electrons. The third kappa shape index (κ3) is 6.12. The lowest BCUT2D eigenvalue weighted by atomic mass is 10.1. The van der Waals surface area contributed by atoms with Crippen molar-refractivity contribution in [2.45, 2.75) is 45.3 Å². The molecule has 2 heterocycles. The van der Waals surface area contributed by atoms with Gasteiger partial charge in [0.15, 0.2) is 18.4 Å². The number of carboxylic acid groups (broad SMARTS) is 1. The summed E-state index contributed by atoms with van der Waals surface area (Å²) in [7, 11) is 0. The number of carbonyl (C=O) groups is 4. The molecular formula is C18H20N2O11. The lowest BCUT2D eigenvalue weighted by Gasteiger charge is -2.24. The normalized spacial score (nSPS) is 22.8. The number of aromatic nitrogens is 2. The maximum absolute atomic E-state index is 12.4. The number of nitrogens with one attached hydrogen (secondary N) is 1. The molecule has 4 atom stereocenters. The Morgan fingerprint density at radius 2 is 1.71 bits per heavy atom. The second-order valence-electron chi connectivity index (χ2n) is 6.44. The van der Waals surface area contributed by atoms with E-state index in [0.717, 1.165) is 37.6 Å². The smallest absolute Gasteiger partial charge is 0.330 e. The molecule has 1 fully saturated rings. The molecule has 0 aliphatic carbocycles. The summed E-state index contributed by atoms with van der Waals surface area (Å²) >= 11 is 0. The molecule has 0 bridgehead atoms. The third-order valence-corrected chi connectivity index (χ3v) is 4.02. The lowest BCUT2D eigenvalue weighted by Crippen LogP contribution is -2.42. The molecule has 1 aromatic heterocycles. The van der Waals surface area contributed by atoms with Crippen LogP contribution >= 0.6 is 0 Å². The minimum Gasteiger partial charge on any atom is -0.478 e. The van der Waals surface area contributed by atoms with E-state index in [1.165, 1.54) is 0 Å². The molecule has 0 saturated carbocycles. The van der Waals surface area contributed by atoms with E-state index in [1.54, 1.807) is 0 Å². The average Bonchev–Trinajstić information content (AvgIpc) is 2.95. The number of aromatic amines is 1. The first-order valence-electron chi connectivity index (χ1n) is 8.89. The average molecular weight is 440 g/mol. The first kappa shape index (κ1) is 23.5. The van der Waals surface area contributed by atoms with Gasteiger partial charge in [-0.15, -0.1) is 0 Å². The minimum atomic E-state index is -1.39. The quantitative estimate of drug-likeness (QED) is 0.300. The van der Waals surface area contributed by atoms with Crippen LogP contribution in [0.2, 0.25) is 0 Å². The van der Waals surface area contributed by atoms with Crippen LogP contribution in [0.4, 0.5) is 0 Å². The van der Waals surface area contributed by atoms with Crippen LogP contribution in [0.5, 0.6) is 0 Å². The first-order valence-corrected chi connectivity index (χ1v) is 8.89. The lowest BCUT2D eigenvalue weighted by molar-refractivity contribution is -0.166. The number of nitrogens with zero attached hydrogens (tertiary/aromatic N) is 1. The van der Waals surface area contributed by atoms with Gasteiger partial charge in [0.1, 0.15) is 12.7 Å². The third-order valence-electron chi connectivity index (χ3n) is 4.02. The molecule has 31 heavy (non-hydrogen) atoms. The summed E-state index contributed by atoms with van der Waals surface area (Å²) in [6.45, 7) is 2.94. The number of esters is 3. The van der Waals surface area contributed by atoms with Gasteiger partial charge in [-0.1, -0.05) is 0 Å². The number of hydrogen-bond acceptors (Lipinski definition) is 10. The van der Waals surface area contributed by atoms with E-state index in [0.29, 0.717) is 6.08 Å². The molecule has 0 amide bonds. The zero-order valence-corrected chi connectivity index (χ0v) is 16.7. The van der Waals surface area contributed by atoms with Crippen molar-refractivity contribution in [3.8, 4) is 0 Å². The van der Waals surface area contributed by atoms with Crippen LogP contribution in [-0.4, -0.2) is 63.5 Å². The predicted octanol–water partition coefficient (Wildman–Crippen LogP) is -1.04. The van der Waals surface area contributed by atoms with Crippen molar-refractivity contribution in [3.05, 3.63) is 38.7 Å². The highest BCUT2D eigenvalue weighted by atomic mass is 16.7. The molecule has 1 aliphatic rings. The second kappa shape index (κ2) is 9.84. The Morgan fingerprint density at radius 3 is 2.26 bits per heavy atom. The van der Waals surface area contributed by atoms with Gasteiger partial charge in [-0.2, -0.15) is 0 Å². The van der Waals surface area contributed by atoms with Crippen LogP contribution in [0.25, 0.3) is 6.08 Å². The summed E-state index contributed by atoms with van der Waals surface area (Å²) in [6, 6.07) is 0. The van der Waals surface area contributed by atoms with Crippen molar-refractivity contribution < 1.29 is 43.2 Å². The van der Waals surface area contributed by atoms with E-state index in [4.69, 9.17) is 24.1 Å². The predicted molar refractivity (Wildman–Crippen MR) is 99.6 cm³/mol. The molecule has 0 spiro atoms. The van der Waals surface area contributed by atoms with Crippen molar-refractivity contribution in [1.82, 2.24) is 9.55 Å². The summed E-state index contributed by atoms with van der Waals surface area (Å²) < 4.78 is 21.8. The van der Waals surface area contributed by atoms with Gasteiger partial charge in [-0.3, -0.25) is 28.7 Å². The number of aliphatic carboxylic acids is 1. The van der Waals surface area contributed by atoms with Crippen LogP contribution in [0.3, 0.4) is 0 Å². The maximum atomic E-state index is 12.4. The second-order valence-corrected chi connectivity index (χ2v) is 6.44. The van der Waals surface area contributed by atoms with Gasteiger partial charge < -0.3 is 24.1 Å². The van der Waals surface area contributed by atoms with Crippen molar-refractivity contribution in [1.29, 1.82) is 0 Å². The molecule has 13 nitrogen and oxygen atoms in total. The first-order chi connectivity index (χ1) is 14.5. The summed E-state index contributed by atoms with van der Waals surface area (Å²) in [5.41, 5.74) is -2.04. The van der Waals surface area contributed by atoms with Gasteiger partial charge in [0.25, 0.3) is 5.56 Å². The largest absolute Gasteiger partial charge is 0.478 e. The summed E-state index contributed by atoms with van der Waals surface area (Å²) in [6.07, 6.45) is -2.46. The Kier molecular flexibility index (Phi) is 7.47. The maximum Gasteiger partial charge on any atom is 0.330 e. The van der Waals surface area contributed by atoms with E-state index in [2.05, 4.69) is 0 Å². The number of ether oxygens (including phenoxy) is 4. The summed E-state index contributed by atoms with van der Waals surface area (Å²) in [5, 5.41) is 8.76. The Morgan fingerprint density at radius 1 is 1.10 bits per heavy atom. The number of carbonyl (C=O) groups excluding carboxylic acids is 3. The molecule has 1 saturated heterocycles. The van der Waals surface area contributed by atoms with Crippen molar-refractivity contribution in [2.75, 3.05) is 6.61 Å². The van der Waals surface area contributed by atoms with Crippen LogP contribution in [0.15, 0.2) is 21.9 Å². The van der Waals surface area contributed by atoms with E-state index in [-0.39, 0.29) is 12.2 Å².